The molecule has 21 heavy (non-hydrogen) atoms. The van der Waals surface area contributed by atoms with Crippen LogP contribution in [-0.4, -0.2) is 19.3 Å². The molecule has 1 aliphatic rings. The molecule has 0 unspecified atom stereocenters. The predicted molar refractivity (Wildman–Crippen MR) is 81.6 cm³/mol. The first-order chi connectivity index (χ1) is 10.0. The minimum Gasteiger partial charge on any atom is -0.207 e. The van der Waals surface area contributed by atoms with Gasteiger partial charge in [-0.1, -0.05) is 0 Å². The predicted octanol–water partition coefficient (Wildman–Crippen LogP) is 3.37. The number of rotatable bonds is 3. The molecule has 2 aromatic rings. The van der Waals surface area contributed by atoms with Gasteiger partial charge in [-0.2, -0.15) is 4.31 Å². The minimum atomic E-state index is -3.62. The van der Waals surface area contributed by atoms with Gasteiger partial charge in [0.2, 0.25) is 10.0 Å². The molecule has 0 amide bonds. The van der Waals surface area contributed by atoms with Gasteiger partial charge in [0.25, 0.3) is 0 Å². The lowest BCUT2D eigenvalue weighted by Crippen LogP contribution is -2.35. The first-order valence-electron chi connectivity index (χ1n) is 6.42. The Morgan fingerprint density at radius 1 is 1.33 bits per heavy atom. The summed E-state index contributed by atoms with van der Waals surface area (Å²) in [5, 5.41) is 1.98. The van der Waals surface area contributed by atoms with Crippen molar-refractivity contribution in [1.29, 1.82) is 0 Å². The maximum absolute atomic E-state index is 13.5. The normalized spacial score (nSPS) is 15.9. The van der Waals surface area contributed by atoms with Gasteiger partial charge < -0.3 is 0 Å². The second-order valence-corrected chi connectivity index (χ2v) is 8.05. The first-order valence-corrected chi connectivity index (χ1v) is 9.27. The summed E-state index contributed by atoms with van der Waals surface area (Å²) in [7, 11) is -3.62. The van der Waals surface area contributed by atoms with Crippen LogP contribution in [0.15, 0.2) is 34.5 Å². The summed E-state index contributed by atoms with van der Waals surface area (Å²) in [6.07, 6.45) is 0.718. The molecule has 7 heteroatoms. The van der Waals surface area contributed by atoms with E-state index in [0.717, 1.165) is 18.1 Å². The summed E-state index contributed by atoms with van der Waals surface area (Å²) >= 11 is 7.30. The van der Waals surface area contributed by atoms with Crippen LogP contribution in [0.2, 0.25) is 0 Å². The van der Waals surface area contributed by atoms with E-state index in [-0.39, 0.29) is 16.3 Å². The number of hydrogen-bond acceptors (Lipinski definition) is 3. The lowest BCUT2D eigenvalue weighted by Gasteiger charge is -2.26. The molecular formula is C14H13ClFNO2S2. The van der Waals surface area contributed by atoms with Crippen molar-refractivity contribution in [3.05, 3.63) is 51.5 Å². The van der Waals surface area contributed by atoms with E-state index in [9.17, 15) is 12.8 Å². The third-order valence-corrected chi connectivity index (χ3v) is 6.72. The number of sulfonamides is 1. The van der Waals surface area contributed by atoms with E-state index < -0.39 is 15.8 Å². The Kier molecular flexibility index (Phi) is 4.05. The third-order valence-electron chi connectivity index (χ3n) is 3.57. The lowest BCUT2D eigenvalue weighted by atomic mass is 10.1. The Balaban J connectivity index is 1.94. The molecule has 1 aromatic carbocycles. The van der Waals surface area contributed by atoms with E-state index >= 15 is 0 Å². The lowest BCUT2D eigenvalue weighted by molar-refractivity contribution is 0.394. The molecule has 0 aliphatic carbocycles. The molecule has 0 spiro atoms. The zero-order valence-corrected chi connectivity index (χ0v) is 13.4. The monoisotopic (exact) mass is 345 g/mol. The van der Waals surface area contributed by atoms with E-state index in [2.05, 4.69) is 0 Å². The minimum absolute atomic E-state index is 0.0517. The third kappa shape index (κ3) is 2.73. The first kappa shape index (κ1) is 15.0. The van der Waals surface area contributed by atoms with Gasteiger partial charge in [-0.25, -0.2) is 12.8 Å². The van der Waals surface area contributed by atoms with Crippen LogP contribution in [0.25, 0.3) is 0 Å². The zero-order chi connectivity index (χ0) is 15.0. The van der Waals surface area contributed by atoms with Crippen molar-refractivity contribution in [1.82, 2.24) is 4.31 Å². The van der Waals surface area contributed by atoms with Crippen LogP contribution in [0.1, 0.15) is 16.0 Å². The standard InChI is InChI=1S/C14H13ClFNO2S2/c15-8-11-7-12(1-2-13(11)16)21(18,19)17-5-3-14-10(9-17)4-6-20-14/h1-2,4,6-7H,3,5,8-9H2. The highest BCUT2D eigenvalue weighted by molar-refractivity contribution is 7.89. The van der Waals surface area contributed by atoms with Crippen molar-refractivity contribution < 1.29 is 12.8 Å². The average molecular weight is 346 g/mol. The van der Waals surface area contributed by atoms with Crippen molar-refractivity contribution in [2.24, 2.45) is 0 Å². The fraction of sp³-hybridized carbons (Fsp3) is 0.286. The van der Waals surface area contributed by atoms with E-state index in [1.165, 1.54) is 21.3 Å². The van der Waals surface area contributed by atoms with E-state index in [1.807, 2.05) is 11.4 Å². The number of halogens is 2. The van der Waals surface area contributed by atoms with Crippen molar-refractivity contribution in [3.8, 4) is 0 Å². The highest BCUT2D eigenvalue weighted by Crippen LogP contribution is 2.28. The highest BCUT2D eigenvalue weighted by Gasteiger charge is 2.29. The molecule has 112 valence electrons. The fourth-order valence-corrected chi connectivity index (χ4v) is 4.96. The van der Waals surface area contributed by atoms with E-state index in [1.54, 1.807) is 11.3 Å². The van der Waals surface area contributed by atoms with Gasteiger partial charge in [0, 0.05) is 23.5 Å². The summed E-state index contributed by atoms with van der Waals surface area (Å²) in [5.74, 6) is -0.535. The Bertz CT molecular complexity index is 773. The number of hydrogen-bond donors (Lipinski definition) is 0. The van der Waals surface area contributed by atoms with Crippen molar-refractivity contribution in [2.45, 2.75) is 23.7 Å². The van der Waals surface area contributed by atoms with Gasteiger partial charge >= 0.3 is 0 Å². The molecule has 3 rings (SSSR count). The van der Waals surface area contributed by atoms with E-state index in [4.69, 9.17) is 11.6 Å². The van der Waals surface area contributed by atoms with Crippen molar-refractivity contribution >= 4 is 33.0 Å². The van der Waals surface area contributed by atoms with Crippen LogP contribution in [0, 0.1) is 5.82 Å². The number of alkyl halides is 1. The second kappa shape index (κ2) is 5.68. The van der Waals surface area contributed by atoms with Crippen molar-refractivity contribution in [2.75, 3.05) is 6.54 Å². The molecule has 0 saturated heterocycles. The Hall–Kier alpha value is -0.950. The smallest absolute Gasteiger partial charge is 0.207 e. The summed E-state index contributed by atoms with van der Waals surface area (Å²) in [6, 6.07) is 5.73. The van der Waals surface area contributed by atoms with Crippen LogP contribution in [0.5, 0.6) is 0 Å². The molecule has 0 fully saturated rings. The molecule has 0 saturated carbocycles. The Morgan fingerprint density at radius 2 is 2.14 bits per heavy atom. The maximum Gasteiger partial charge on any atom is 0.243 e. The van der Waals surface area contributed by atoms with E-state index in [0.29, 0.717) is 13.1 Å². The fourth-order valence-electron chi connectivity index (χ4n) is 2.39. The van der Waals surface area contributed by atoms with Crippen molar-refractivity contribution in [3.63, 3.8) is 0 Å². The Labute approximate surface area is 132 Å². The molecule has 0 N–H and O–H groups in total. The number of nitrogens with zero attached hydrogens (tertiary/aromatic N) is 1. The second-order valence-electron chi connectivity index (χ2n) is 4.84. The van der Waals surface area contributed by atoms with Gasteiger partial charge in [-0.15, -0.1) is 22.9 Å². The summed E-state index contributed by atoms with van der Waals surface area (Å²) in [5.41, 5.74) is 1.25. The largest absolute Gasteiger partial charge is 0.243 e. The molecule has 1 aromatic heterocycles. The maximum atomic E-state index is 13.5. The Morgan fingerprint density at radius 3 is 2.90 bits per heavy atom. The average Bonchev–Trinajstić information content (AvgIpc) is 2.94. The van der Waals surface area contributed by atoms with Gasteiger partial charge in [-0.05, 0) is 41.6 Å². The van der Waals surface area contributed by atoms with Gasteiger partial charge in [0.15, 0.2) is 0 Å². The number of fused-ring (bicyclic) bond motifs is 1. The summed E-state index contributed by atoms with van der Waals surface area (Å²) in [4.78, 5) is 1.33. The number of benzene rings is 1. The SMILES string of the molecule is O=S(=O)(c1ccc(F)c(CCl)c1)N1CCc2sccc2C1. The molecule has 0 atom stereocenters. The van der Waals surface area contributed by atoms with Crippen LogP contribution in [0.3, 0.4) is 0 Å². The molecule has 1 aliphatic heterocycles. The molecule has 3 nitrogen and oxygen atoms in total. The van der Waals surface area contributed by atoms with Crippen LogP contribution in [0.4, 0.5) is 4.39 Å². The van der Waals surface area contributed by atoms with Gasteiger partial charge in [0.05, 0.1) is 10.8 Å². The van der Waals surface area contributed by atoms with Gasteiger partial charge in [-0.3, -0.25) is 0 Å². The number of thiophene rings is 1. The topological polar surface area (TPSA) is 37.4 Å². The van der Waals surface area contributed by atoms with Crippen LogP contribution < -0.4 is 0 Å². The van der Waals surface area contributed by atoms with Gasteiger partial charge in [0.1, 0.15) is 5.82 Å². The molecule has 2 heterocycles. The highest BCUT2D eigenvalue weighted by atomic mass is 35.5. The summed E-state index contributed by atoms with van der Waals surface area (Å²) < 4.78 is 40.2. The molecular weight excluding hydrogens is 333 g/mol. The molecule has 0 radical (unpaired) electrons. The summed E-state index contributed by atoms with van der Waals surface area (Å²) in [6.45, 7) is 0.818. The quantitative estimate of drug-likeness (QED) is 0.800. The molecule has 0 bridgehead atoms. The van der Waals surface area contributed by atoms with Crippen LogP contribution in [-0.2, 0) is 28.9 Å². The van der Waals surface area contributed by atoms with Crippen LogP contribution >= 0.6 is 22.9 Å². The zero-order valence-electron chi connectivity index (χ0n) is 11.1.